The highest BCUT2D eigenvalue weighted by atomic mass is 31.2. The zero-order chi connectivity index (χ0) is 39.1. The molecule has 0 radical (unpaired) electrons. The van der Waals surface area contributed by atoms with Crippen molar-refractivity contribution in [2.45, 2.75) is 187 Å². The first kappa shape index (κ1) is 51.7. The first-order valence-corrected chi connectivity index (χ1v) is 23.2. The van der Waals surface area contributed by atoms with Crippen LogP contribution >= 0.6 is 7.82 Å². The summed E-state index contributed by atoms with van der Waals surface area (Å²) in [5.41, 5.74) is 0. The van der Waals surface area contributed by atoms with Gasteiger partial charge in [-0.05, 0) is 70.6 Å². The summed E-state index contributed by atoms with van der Waals surface area (Å²) in [5, 5.41) is 0. The summed E-state index contributed by atoms with van der Waals surface area (Å²) in [6.45, 7) is 5.56. The number of rotatable bonds is 40. The molecule has 0 aliphatic rings. The lowest BCUT2D eigenvalue weighted by atomic mass is 10.1. The van der Waals surface area contributed by atoms with Crippen molar-refractivity contribution in [1.82, 2.24) is 0 Å². The molecule has 0 aliphatic carbocycles. The predicted octanol–water partition coefficient (Wildman–Crippen LogP) is 12.6. The van der Waals surface area contributed by atoms with Crippen molar-refractivity contribution in [1.29, 1.82) is 0 Å². The van der Waals surface area contributed by atoms with E-state index < -0.39 is 13.9 Å². The van der Waals surface area contributed by atoms with Crippen LogP contribution in [0.4, 0.5) is 0 Å². The highest BCUT2D eigenvalue weighted by Crippen LogP contribution is 2.43. The molecule has 0 aliphatic heterocycles. The summed E-state index contributed by atoms with van der Waals surface area (Å²) in [6.07, 6.45) is 43.1. The van der Waals surface area contributed by atoms with Gasteiger partial charge < -0.3 is 18.9 Å². The van der Waals surface area contributed by atoms with Crippen molar-refractivity contribution < 1.29 is 37.3 Å². The Labute approximate surface area is 327 Å². The lowest BCUT2D eigenvalue weighted by Gasteiger charge is -2.24. The molecule has 8 nitrogen and oxygen atoms in total. The molecule has 0 aromatic heterocycles. The fraction of sp³-hybridized carbons (Fsp3) is 0.841. The van der Waals surface area contributed by atoms with E-state index in [1.807, 2.05) is 21.1 Å². The lowest BCUT2D eigenvalue weighted by Crippen LogP contribution is -2.37. The van der Waals surface area contributed by atoms with Gasteiger partial charge in [0.15, 0.2) is 0 Å². The molecule has 0 spiro atoms. The van der Waals surface area contributed by atoms with Crippen LogP contribution in [0.3, 0.4) is 0 Å². The largest absolute Gasteiger partial charge is 0.472 e. The molecule has 0 bridgehead atoms. The van der Waals surface area contributed by atoms with E-state index in [-0.39, 0.29) is 25.8 Å². The molecule has 312 valence electrons. The number of allylic oxidation sites excluding steroid dienone is 6. The van der Waals surface area contributed by atoms with Gasteiger partial charge in [-0.25, -0.2) is 4.57 Å². The first-order valence-electron chi connectivity index (χ1n) is 21.7. The Balaban J connectivity index is 4.27. The maximum Gasteiger partial charge on any atom is 0.472 e. The second-order valence-electron chi connectivity index (χ2n) is 15.7. The summed E-state index contributed by atoms with van der Waals surface area (Å²) >= 11 is 0. The van der Waals surface area contributed by atoms with Crippen molar-refractivity contribution in [3.63, 3.8) is 0 Å². The van der Waals surface area contributed by atoms with Gasteiger partial charge in [0.25, 0.3) is 0 Å². The van der Waals surface area contributed by atoms with E-state index in [0.717, 1.165) is 57.8 Å². The number of nitrogens with zero attached hydrogens (tertiary/aromatic N) is 1. The lowest BCUT2D eigenvalue weighted by molar-refractivity contribution is -0.870. The van der Waals surface area contributed by atoms with Gasteiger partial charge in [0.1, 0.15) is 19.3 Å². The minimum Gasteiger partial charge on any atom is -0.457 e. The molecule has 0 aromatic carbocycles. The zero-order valence-electron chi connectivity index (χ0n) is 35.3. The molecule has 0 aromatic rings. The van der Waals surface area contributed by atoms with Crippen molar-refractivity contribution in [3.05, 3.63) is 36.5 Å². The molecule has 2 atom stereocenters. The highest BCUT2D eigenvalue weighted by molar-refractivity contribution is 7.47. The van der Waals surface area contributed by atoms with Gasteiger partial charge in [-0.1, -0.05) is 140 Å². The molecule has 0 heterocycles. The van der Waals surface area contributed by atoms with Crippen LogP contribution in [0, 0.1) is 0 Å². The Hall–Kier alpha value is -1.28. The van der Waals surface area contributed by atoms with E-state index >= 15 is 0 Å². The molecule has 0 rings (SSSR count). The van der Waals surface area contributed by atoms with Crippen molar-refractivity contribution in [2.75, 3.05) is 54.1 Å². The summed E-state index contributed by atoms with van der Waals surface area (Å²) in [6, 6.07) is 0. The summed E-state index contributed by atoms with van der Waals surface area (Å²) in [7, 11) is 1.65. The fourth-order valence-electron chi connectivity index (χ4n) is 5.75. The smallest absolute Gasteiger partial charge is 0.457 e. The Morgan fingerprint density at radius 3 is 1.58 bits per heavy atom. The summed E-state index contributed by atoms with van der Waals surface area (Å²) in [5.74, 6) is -0.329. The molecule has 0 saturated carbocycles. The molecule has 0 saturated heterocycles. The van der Waals surface area contributed by atoms with E-state index in [1.165, 1.54) is 103 Å². The Morgan fingerprint density at radius 1 is 0.585 bits per heavy atom. The van der Waals surface area contributed by atoms with Crippen LogP contribution in [0.2, 0.25) is 0 Å². The van der Waals surface area contributed by atoms with E-state index in [1.54, 1.807) is 0 Å². The van der Waals surface area contributed by atoms with Gasteiger partial charge in [0.05, 0.1) is 34.4 Å². The minimum atomic E-state index is -4.28. The molecule has 53 heavy (non-hydrogen) atoms. The molecule has 1 N–H and O–H groups in total. The Bertz CT molecular complexity index is 947. The SMILES string of the molecule is CCCCC/C=C\C/C=C\CCCCCCCC(=O)O[C@H](COCCCCCCCCCC/C=C/CCCCCC)COP(=O)(O)OCC[N+](C)(C)C. The normalized spacial score (nSPS) is 14.2. The molecule has 0 fully saturated rings. The third-order valence-electron chi connectivity index (χ3n) is 9.17. The molecule has 0 amide bonds. The second-order valence-corrected chi connectivity index (χ2v) is 17.2. The van der Waals surface area contributed by atoms with Crippen molar-refractivity contribution in [3.8, 4) is 0 Å². The molecular weight excluding hydrogens is 685 g/mol. The van der Waals surface area contributed by atoms with Gasteiger partial charge >= 0.3 is 13.8 Å². The standard InChI is InChI=1S/C44H84NO7P/c1-6-8-10-12-14-16-18-20-22-24-26-28-30-32-34-36-39-49-41-43(42-51-53(47,48)50-40-38-45(3,4)5)52-44(46)37-35-33-31-29-27-25-23-21-19-17-15-13-11-9-7-2/h15-18,21,23,43H,6-14,19-20,22,24-42H2,1-5H3/p+1/b17-15-,18-16+,23-21-/t43-/m1/s1. The number of ether oxygens (including phenoxy) is 2. The number of likely N-dealkylation sites (N-methyl/N-ethyl adjacent to an activating group) is 1. The number of hydrogen-bond donors (Lipinski definition) is 1. The van der Waals surface area contributed by atoms with Gasteiger partial charge in [-0.3, -0.25) is 13.8 Å². The number of phosphoric ester groups is 1. The number of hydrogen-bond acceptors (Lipinski definition) is 6. The van der Waals surface area contributed by atoms with Gasteiger partial charge in [0, 0.05) is 13.0 Å². The number of phosphoric acid groups is 1. The third-order valence-corrected chi connectivity index (χ3v) is 10.2. The van der Waals surface area contributed by atoms with Gasteiger partial charge in [-0.15, -0.1) is 0 Å². The molecule has 9 heteroatoms. The summed E-state index contributed by atoms with van der Waals surface area (Å²) in [4.78, 5) is 22.9. The van der Waals surface area contributed by atoms with Crippen LogP contribution in [-0.2, 0) is 27.9 Å². The maximum absolute atomic E-state index is 12.7. The van der Waals surface area contributed by atoms with Crippen molar-refractivity contribution >= 4 is 13.8 Å². The van der Waals surface area contributed by atoms with E-state index in [4.69, 9.17) is 18.5 Å². The quantitative estimate of drug-likeness (QED) is 0.0218. The minimum absolute atomic E-state index is 0.0850. The average molecular weight is 771 g/mol. The molecule has 1 unspecified atom stereocenters. The summed E-state index contributed by atoms with van der Waals surface area (Å²) < 4.78 is 35.0. The van der Waals surface area contributed by atoms with Crippen LogP contribution in [0.15, 0.2) is 36.5 Å². The number of quaternary nitrogens is 1. The first-order chi connectivity index (χ1) is 25.6. The maximum atomic E-state index is 12.7. The van der Waals surface area contributed by atoms with Crippen LogP contribution in [0.25, 0.3) is 0 Å². The monoisotopic (exact) mass is 771 g/mol. The third kappa shape index (κ3) is 41.7. The number of carbonyl (C=O) groups excluding carboxylic acids is 1. The highest BCUT2D eigenvalue weighted by Gasteiger charge is 2.26. The Morgan fingerprint density at radius 2 is 1.04 bits per heavy atom. The van der Waals surface area contributed by atoms with Crippen molar-refractivity contribution in [2.24, 2.45) is 0 Å². The van der Waals surface area contributed by atoms with Crippen LogP contribution < -0.4 is 0 Å². The molecular formula is C44H85NO7P+. The Kier molecular flexibility index (Phi) is 36.7. The van der Waals surface area contributed by atoms with Gasteiger partial charge in [0.2, 0.25) is 0 Å². The van der Waals surface area contributed by atoms with Crippen LogP contribution in [0.5, 0.6) is 0 Å². The van der Waals surface area contributed by atoms with E-state index in [9.17, 15) is 14.3 Å². The van der Waals surface area contributed by atoms with E-state index in [0.29, 0.717) is 24.1 Å². The number of unbranched alkanes of at least 4 members (excludes halogenated alkanes) is 20. The second kappa shape index (κ2) is 37.6. The van der Waals surface area contributed by atoms with Gasteiger partial charge in [-0.2, -0.15) is 0 Å². The van der Waals surface area contributed by atoms with Crippen LogP contribution in [-0.4, -0.2) is 75.6 Å². The predicted molar refractivity (Wildman–Crippen MR) is 224 cm³/mol. The topological polar surface area (TPSA) is 91.3 Å². The number of carbonyl (C=O) groups is 1. The van der Waals surface area contributed by atoms with E-state index in [2.05, 4.69) is 50.3 Å². The zero-order valence-corrected chi connectivity index (χ0v) is 36.1. The fourth-order valence-corrected chi connectivity index (χ4v) is 6.49. The van der Waals surface area contributed by atoms with Crippen LogP contribution in [0.1, 0.15) is 181 Å². The average Bonchev–Trinajstić information content (AvgIpc) is 3.11. The number of esters is 1.